The van der Waals surface area contributed by atoms with Crippen molar-refractivity contribution in [2.75, 3.05) is 26.1 Å². The molecule has 0 unspecified atom stereocenters. The summed E-state index contributed by atoms with van der Waals surface area (Å²) in [7, 11) is 5.69. The molecule has 1 fully saturated rings. The first-order chi connectivity index (χ1) is 8.44. The molecule has 1 aliphatic rings. The molecule has 0 bridgehead atoms. The first-order valence-corrected chi connectivity index (χ1v) is 7.21. The molecule has 1 aromatic heterocycles. The van der Waals surface area contributed by atoms with Crippen LogP contribution >= 0.6 is 11.3 Å². The van der Waals surface area contributed by atoms with Crippen LogP contribution in [0.3, 0.4) is 0 Å². The third-order valence-corrected chi connectivity index (χ3v) is 4.73. The molecule has 5 heteroatoms. The van der Waals surface area contributed by atoms with Crippen LogP contribution in [0.2, 0.25) is 0 Å². The van der Waals surface area contributed by atoms with E-state index in [2.05, 4.69) is 24.1 Å². The lowest BCUT2D eigenvalue weighted by Gasteiger charge is -2.25. The maximum Gasteiger partial charge on any atom is 0.230 e. The van der Waals surface area contributed by atoms with Crippen molar-refractivity contribution in [3.63, 3.8) is 0 Å². The summed E-state index contributed by atoms with van der Waals surface area (Å²) in [5.41, 5.74) is 0.216. The number of rotatable bonds is 6. The van der Waals surface area contributed by atoms with E-state index in [1.54, 1.807) is 18.4 Å². The number of nitrogens with zero attached hydrogens (tertiary/aromatic N) is 2. The zero-order chi connectivity index (χ0) is 13.3. The number of aromatic nitrogens is 1. The number of ether oxygens (including phenoxy) is 1. The highest BCUT2D eigenvalue weighted by molar-refractivity contribution is 7.15. The lowest BCUT2D eigenvalue weighted by atomic mass is 9.99. The Hall–Kier alpha value is -0.810. The van der Waals surface area contributed by atoms with Gasteiger partial charge in [-0.25, -0.2) is 0 Å². The third kappa shape index (κ3) is 2.95. The Balaban J connectivity index is 2.03. The molecule has 1 aliphatic carbocycles. The minimum absolute atomic E-state index is 0.216. The third-order valence-electron chi connectivity index (χ3n) is 3.53. The molecule has 0 aliphatic heterocycles. The van der Waals surface area contributed by atoms with Crippen molar-refractivity contribution in [3.8, 4) is 5.88 Å². The average Bonchev–Trinajstić information content (AvgIpc) is 3.07. The van der Waals surface area contributed by atoms with Gasteiger partial charge in [-0.05, 0) is 32.6 Å². The maximum absolute atomic E-state index is 5.35. The summed E-state index contributed by atoms with van der Waals surface area (Å²) in [6, 6.07) is 0. The van der Waals surface area contributed by atoms with Gasteiger partial charge in [-0.3, -0.25) is 0 Å². The number of methoxy groups -OCH3 is 1. The monoisotopic (exact) mass is 269 g/mol. The van der Waals surface area contributed by atoms with Gasteiger partial charge in [-0.1, -0.05) is 11.3 Å². The maximum atomic E-state index is 5.35. The standard InChI is InChI=1S/C13H23N3OS/c1-13(2,9-6-7-9)14-8-10-11(17-5)15-12(18-10)16(3)4/h9,14H,6-8H2,1-5H3. The summed E-state index contributed by atoms with van der Waals surface area (Å²) in [5.74, 6) is 1.58. The van der Waals surface area contributed by atoms with Gasteiger partial charge in [0, 0.05) is 26.2 Å². The highest BCUT2D eigenvalue weighted by atomic mass is 32.1. The summed E-state index contributed by atoms with van der Waals surface area (Å²) < 4.78 is 5.35. The molecule has 0 radical (unpaired) electrons. The Bertz CT molecular complexity index is 410. The molecule has 102 valence electrons. The Morgan fingerprint density at radius 2 is 2.11 bits per heavy atom. The van der Waals surface area contributed by atoms with Crippen LogP contribution in [-0.2, 0) is 6.54 Å². The molecule has 1 heterocycles. The van der Waals surface area contributed by atoms with E-state index in [1.807, 2.05) is 19.0 Å². The number of thiazole rings is 1. The van der Waals surface area contributed by atoms with Gasteiger partial charge in [0.15, 0.2) is 5.13 Å². The molecule has 0 atom stereocenters. The molecule has 1 N–H and O–H groups in total. The average molecular weight is 269 g/mol. The Labute approximate surface area is 113 Å². The smallest absolute Gasteiger partial charge is 0.230 e. The van der Waals surface area contributed by atoms with E-state index in [1.165, 1.54) is 17.7 Å². The summed E-state index contributed by atoms with van der Waals surface area (Å²) in [5, 5.41) is 4.63. The van der Waals surface area contributed by atoms with Gasteiger partial charge in [-0.2, -0.15) is 4.98 Å². The van der Waals surface area contributed by atoms with Gasteiger partial charge in [0.1, 0.15) is 0 Å². The molecular formula is C13H23N3OS. The molecule has 0 amide bonds. The second kappa shape index (κ2) is 5.05. The van der Waals surface area contributed by atoms with Crippen LogP contribution in [0.1, 0.15) is 31.6 Å². The summed E-state index contributed by atoms with van der Waals surface area (Å²) in [4.78, 5) is 7.66. The van der Waals surface area contributed by atoms with Gasteiger partial charge in [0.05, 0.1) is 12.0 Å². The molecule has 1 aromatic rings. The van der Waals surface area contributed by atoms with Crippen molar-refractivity contribution >= 4 is 16.5 Å². The van der Waals surface area contributed by atoms with Crippen molar-refractivity contribution in [1.82, 2.24) is 10.3 Å². The minimum atomic E-state index is 0.216. The minimum Gasteiger partial charge on any atom is -0.480 e. The van der Waals surface area contributed by atoms with E-state index in [9.17, 15) is 0 Å². The van der Waals surface area contributed by atoms with E-state index in [0.717, 1.165) is 23.5 Å². The van der Waals surface area contributed by atoms with Gasteiger partial charge in [-0.15, -0.1) is 0 Å². The first kappa shape index (κ1) is 13.6. The highest BCUT2D eigenvalue weighted by Gasteiger charge is 2.37. The molecule has 4 nitrogen and oxygen atoms in total. The van der Waals surface area contributed by atoms with Crippen LogP contribution in [-0.4, -0.2) is 31.7 Å². The molecular weight excluding hydrogens is 246 g/mol. The van der Waals surface area contributed by atoms with Gasteiger partial charge >= 0.3 is 0 Å². The zero-order valence-electron chi connectivity index (χ0n) is 11.9. The predicted octanol–water partition coefficient (Wildman–Crippen LogP) is 2.50. The van der Waals surface area contributed by atoms with Gasteiger partial charge in [0.25, 0.3) is 0 Å². The largest absolute Gasteiger partial charge is 0.480 e. The lowest BCUT2D eigenvalue weighted by molar-refractivity contribution is 0.334. The summed E-state index contributed by atoms with van der Waals surface area (Å²) in [6.45, 7) is 5.40. The first-order valence-electron chi connectivity index (χ1n) is 6.40. The molecule has 1 saturated carbocycles. The Kier molecular flexibility index (Phi) is 3.82. The number of hydrogen-bond donors (Lipinski definition) is 1. The van der Waals surface area contributed by atoms with E-state index < -0.39 is 0 Å². The van der Waals surface area contributed by atoms with Crippen LogP contribution < -0.4 is 15.0 Å². The number of nitrogens with one attached hydrogen (secondary N) is 1. The Morgan fingerprint density at radius 3 is 2.61 bits per heavy atom. The van der Waals surface area contributed by atoms with Crippen LogP contribution in [0.5, 0.6) is 5.88 Å². The lowest BCUT2D eigenvalue weighted by Crippen LogP contribution is -2.40. The summed E-state index contributed by atoms with van der Waals surface area (Å²) >= 11 is 1.69. The predicted molar refractivity (Wildman–Crippen MR) is 76.6 cm³/mol. The second-order valence-electron chi connectivity index (χ2n) is 5.67. The SMILES string of the molecule is COc1nc(N(C)C)sc1CNC(C)(C)C1CC1. The van der Waals surface area contributed by atoms with E-state index >= 15 is 0 Å². The fourth-order valence-corrected chi connectivity index (χ4v) is 2.94. The van der Waals surface area contributed by atoms with E-state index in [0.29, 0.717) is 0 Å². The van der Waals surface area contributed by atoms with Gasteiger partial charge in [0.2, 0.25) is 5.88 Å². The van der Waals surface area contributed by atoms with E-state index in [-0.39, 0.29) is 5.54 Å². The van der Waals surface area contributed by atoms with E-state index in [4.69, 9.17) is 4.74 Å². The quantitative estimate of drug-likeness (QED) is 0.861. The molecule has 0 aromatic carbocycles. The van der Waals surface area contributed by atoms with Crippen LogP contribution in [0.4, 0.5) is 5.13 Å². The molecule has 0 saturated heterocycles. The van der Waals surface area contributed by atoms with Crippen LogP contribution in [0.25, 0.3) is 0 Å². The second-order valence-corrected chi connectivity index (χ2v) is 6.73. The van der Waals surface area contributed by atoms with Crippen molar-refractivity contribution in [3.05, 3.63) is 4.88 Å². The number of hydrogen-bond acceptors (Lipinski definition) is 5. The van der Waals surface area contributed by atoms with Crippen molar-refractivity contribution < 1.29 is 4.74 Å². The molecule has 2 rings (SSSR count). The highest BCUT2D eigenvalue weighted by Crippen LogP contribution is 2.40. The Morgan fingerprint density at radius 1 is 1.44 bits per heavy atom. The normalized spacial score (nSPS) is 15.8. The fourth-order valence-electron chi connectivity index (χ4n) is 2.05. The van der Waals surface area contributed by atoms with Gasteiger partial charge < -0.3 is 15.0 Å². The van der Waals surface area contributed by atoms with Crippen molar-refractivity contribution in [2.24, 2.45) is 5.92 Å². The topological polar surface area (TPSA) is 37.4 Å². The fraction of sp³-hybridized carbons (Fsp3) is 0.769. The number of anilines is 1. The van der Waals surface area contributed by atoms with Crippen LogP contribution in [0.15, 0.2) is 0 Å². The van der Waals surface area contributed by atoms with Crippen molar-refractivity contribution in [1.29, 1.82) is 0 Å². The molecule has 0 spiro atoms. The summed E-state index contributed by atoms with van der Waals surface area (Å²) in [6.07, 6.45) is 2.70. The van der Waals surface area contributed by atoms with Crippen LogP contribution in [0, 0.1) is 5.92 Å². The van der Waals surface area contributed by atoms with Crippen molar-refractivity contribution in [2.45, 2.75) is 38.8 Å². The molecule has 18 heavy (non-hydrogen) atoms. The zero-order valence-corrected chi connectivity index (χ0v) is 12.7.